The van der Waals surface area contributed by atoms with Gasteiger partial charge in [0, 0.05) is 34.1 Å². The molecule has 2 rings (SSSR count). The molecule has 0 spiro atoms. The third-order valence-electron chi connectivity index (χ3n) is 2.24. The molecule has 0 aliphatic carbocycles. The summed E-state index contributed by atoms with van der Waals surface area (Å²) in [6, 6.07) is 9.92. The van der Waals surface area contributed by atoms with Crippen LogP contribution < -0.4 is 0 Å². The fourth-order valence-electron chi connectivity index (χ4n) is 1.46. The Morgan fingerprint density at radius 1 is 1.18 bits per heavy atom. The summed E-state index contributed by atoms with van der Waals surface area (Å²) in [5.41, 5.74) is 9.66. The first-order valence-electron chi connectivity index (χ1n) is 4.92. The maximum atomic E-state index is 12.1. The molecular weight excluding hydrogens is 216 g/mol. The number of azide groups is 1. The van der Waals surface area contributed by atoms with E-state index in [1.807, 2.05) is 0 Å². The van der Waals surface area contributed by atoms with E-state index < -0.39 is 0 Å². The van der Waals surface area contributed by atoms with Gasteiger partial charge in [0.15, 0.2) is 5.78 Å². The number of nitrogens with zero attached hydrogens (tertiary/aromatic N) is 4. The van der Waals surface area contributed by atoms with E-state index >= 15 is 0 Å². The Labute approximate surface area is 97.4 Å². The lowest BCUT2D eigenvalue weighted by atomic mass is 10.0. The van der Waals surface area contributed by atoms with Gasteiger partial charge in [0.05, 0.1) is 0 Å². The van der Waals surface area contributed by atoms with E-state index in [1.165, 1.54) is 0 Å². The van der Waals surface area contributed by atoms with E-state index in [2.05, 4.69) is 15.0 Å². The van der Waals surface area contributed by atoms with Crippen LogP contribution in [0.5, 0.6) is 0 Å². The van der Waals surface area contributed by atoms with Crippen molar-refractivity contribution in [1.29, 1.82) is 0 Å². The zero-order chi connectivity index (χ0) is 12.1. The Kier molecular flexibility index (Phi) is 3.14. The zero-order valence-electron chi connectivity index (χ0n) is 8.82. The van der Waals surface area contributed by atoms with Crippen LogP contribution in [0.15, 0.2) is 53.9 Å². The lowest BCUT2D eigenvalue weighted by Gasteiger charge is -2.03. The summed E-state index contributed by atoms with van der Waals surface area (Å²) in [6.07, 6.45) is 3.09. The maximum absolute atomic E-state index is 12.1. The topological polar surface area (TPSA) is 78.7 Å². The summed E-state index contributed by atoms with van der Waals surface area (Å²) in [5.74, 6) is -0.185. The first-order valence-corrected chi connectivity index (χ1v) is 4.92. The van der Waals surface area contributed by atoms with Gasteiger partial charge >= 0.3 is 0 Å². The summed E-state index contributed by atoms with van der Waals surface area (Å²) in [7, 11) is 0. The number of carbonyl (C=O) groups excluding carboxylic acids is 1. The SMILES string of the molecule is [N-]=[N+]=Nc1ccccc1C(=O)c1ccncc1. The largest absolute Gasteiger partial charge is 0.289 e. The van der Waals surface area contributed by atoms with Crippen molar-refractivity contribution in [3.05, 3.63) is 70.4 Å². The lowest BCUT2D eigenvalue weighted by Crippen LogP contribution is -2.01. The highest BCUT2D eigenvalue weighted by Gasteiger charge is 2.11. The quantitative estimate of drug-likeness (QED) is 0.347. The van der Waals surface area contributed by atoms with Crippen LogP contribution in [0.3, 0.4) is 0 Å². The molecule has 5 nitrogen and oxygen atoms in total. The Morgan fingerprint density at radius 2 is 1.88 bits per heavy atom. The average Bonchev–Trinajstić information content (AvgIpc) is 2.40. The number of hydrogen-bond donors (Lipinski definition) is 0. The van der Waals surface area contributed by atoms with Crippen molar-refractivity contribution in [2.45, 2.75) is 0 Å². The van der Waals surface area contributed by atoms with Crippen molar-refractivity contribution in [2.24, 2.45) is 5.11 Å². The lowest BCUT2D eigenvalue weighted by molar-refractivity contribution is 0.103. The first kappa shape index (κ1) is 10.9. The molecule has 5 heteroatoms. The Bertz CT molecular complexity index is 588. The number of pyridine rings is 1. The van der Waals surface area contributed by atoms with Crippen LogP contribution in [0, 0.1) is 0 Å². The molecule has 1 aromatic carbocycles. The summed E-state index contributed by atoms with van der Waals surface area (Å²) in [4.78, 5) is 18.7. The molecule has 17 heavy (non-hydrogen) atoms. The van der Waals surface area contributed by atoms with Crippen LogP contribution in [-0.2, 0) is 0 Å². The van der Waals surface area contributed by atoms with E-state index in [9.17, 15) is 4.79 Å². The van der Waals surface area contributed by atoms with Crippen molar-refractivity contribution in [3.8, 4) is 0 Å². The van der Waals surface area contributed by atoms with Crippen molar-refractivity contribution in [1.82, 2.24) is 4.98 Å². The molecule has 0 atom stereocenters. The summed E-state index contributed by atoms with van der Waals surface area (Å²) >= 11 is 0. The van der Waals surface area contributed by atoms with Gasteiger partial charge in [-0.2, -0.15) is 0 Å². The summed E-state index contributed by atoms with van der Waals surface area (Å²) in [5, 5.41) is 3.50. The molecule has 82 valence electrons. The minimum atomic E-state index is -0.185. The molecule has 2 aromatic rings. The van der Waals surface area contributed by atoms with Gasteiger partial charge in [0.2, 0.25) is 0 Å². The van der Waals surface area contributed by atoms with Crippen LogP contribution in [0.2, 0.25) is 0 Å². The highest BCUT2D eigenvalue weighted by Crippen LogP contribution is 2.21. The minimum absolute atomic E-state index is 0.185. The number of hydrogen-bond acceptors (Lipinski definition) is 3. The van der Waals surface area contributed by atoms with E-state index in [0.29, 0.717) is 16.8 Å². The van der Waals surface area contributed by atoms with Crippen molar-refractivity contribution in [3.63, 3.8) is 0 Å². The number of carbonyl (C=O) groups is 1. The Morgan fingerprint density at radius 3 is 2.59 bits per heavy atom. The molecule has 0 saturated carbocycles. The smallest absolute Gasteiger partial charge is 0.193 e. The fraction of sp³-hybridized carbons (Fsp3) is 0. The third-order valence-corrected chi connectivity index (χ3v) is 2.24. The fourth-order valence-corrected chi connectivity index (χ4v) is 1.46. The molecule has 0 aliphatic rings. The molecular formula is C12H8N4O. The van der Waals surface area contributed by atoms with E-state index in [0.717, 1.165) is 0 Å². The average molecular weight is 224 g/mol. The number of ketones is 1. The van der Waals surface area contributed by atoms with Crippen LogP contribution >= 0.6 is 0 Å². The highest BCUT2D eigenvalue weighted by atomic mass is 16.1. The van der Waals surface area contributed by atoms with Crippen LogP contribution in [0.25, 0.3) is 10.4 Å². The van der Waals surface area contributed by atoms with Crippen molar-refractivity contribution in [2.75, 3.05) is 0 Å². The van der Waals surface area contributed by atoms with E-state index in [1.54, 1.807) is 48.8 Å². The monoisotopic (exact) mass is 224 g/mol. The molecule has 0 fully saturated rings. The molecule has 0 saturated heterocycles. The van der Waals surface area contributed by atoms with Gasteiger partial charge in [-0.3, -0.25) is 9.78 Å². The normalized spacial score (nSPS) is 9.41. The third kappa shape index (κ3) is 2.30. The van der Waals surface area contributed by atoms with Crippen LogP contribution in [0.1, 0.15) is 15.9 Å². The van der Waals surface area contributed by atoms with E-state index in [-0.39, 0.29) is 5.78 Å². The Balaban J connectivity index is 2.48. The molecule has 0 aliphatic heterocycles. The summed E-state index contributed by atoms with van der Waals surface area (Å²) < 4.78 is 0. The van der Waals surface area contributed by atoms with Crippen molar-refractivity contribution >= 4 is 11.5 Å². The second-order valence-electron chi connectivity index (χ2n) is 3.27. The van der Waals surface area contributed by atoms with Gasteiger partial charge in [0.25, 0.3) is 0 Å². The first-order chi connectivity index (χ1) is 8.33. The molecule has 0 unspecified atom stereocenters. The van der Waals surface area contributed by atoms with Crippen LogP contribution in [0.4, 0.5) is 5.69 Å². The van der Waals surface area contributed by atoms with Gasteiger partial charge in [0.1, 0.15) is 0 Å². The molecule has 1 heterocycles. The predicted octanol–water partition coefficient (Wildman–Crippen LogP) is 3.25. The second-order valence-corrected chi connectivity index (χ2v) is 3.27. The van der Waals surface area contributed by atoms with E-state index in [4.69, 9.17) is 5.53 Å². The number of benzene rings is 1. The van der Waals surface area contributed by atoms with Gasteiger partial charge in [-0.15, -0.1) is 0 Å². The van der Waals surface area contributed by atoms with Gasteiger partial charge < -0.3 is 0 Å². The molecule has 0 bridgehead atoms. The Hall–Kier alpha value is -2.65. The van der Waals surface area contributed by atoms with Gasteiger partial charge in [-0.1, -0.05) is 29.4 Å². The van der Waals surface area contributed by atoms with Crippen LogP contribution in [-0.4, -0.2) is 10.8 Å². The minimum Gasteiger partial charge on any atom is -0.289 e. The molecule has 0 N–H and O–H groups in total. The second kappa shape index (κ2) is 4.92. The maximum Gasteiger partial charge on any atom is 0.193 e. The standard InChI is InChI=1S/C12H8N4O/c13-16-15-11-4-2-1-3-10(11)12(17)9-5-7-14-8-6-9/h1-8H. The summed E-state index contributed by atoms with van der Waals surface area (Å²) in [6.45, 7) is 0. The predicted molar refractivity (Wildman–Crippen MR) is 62.9 cm³/mol. The highest BCUT2D eigenvalue weighted by molar-refractivity contribution is 6.11. The number of rotatable bonds is 3. The number of aromatic nitrogens is 1. The molecule has 1 aromatic heterocycles. The zero-order valence-corrected chi connectivity index (χ0v) is 8.82. The van der Waals surface area contributed by atoms with Crippen molar-refractivity contribution < 1.29 is 4.79 Å². The van der Waals surface area contributed by atoms with Gasteiger partial charge in [-0.25, -0.2) is 0 Å². The van der Waals surface area contributed by atoms with Gasteiger partial charge in [-0.05, 0) is 17.7 Å². The molecule has 0 amide bonds. The molecule has 0 radical (unpaired) electrons.